The van der Waals surface area contributed by atoms with E-state index in [0.29, 0.717) is 18.5 Å². The molecule has 0 aromatic carbocycles. The predicted molar refractivity (Wildman–Crippen MR) is 71.5 cm³/mol. The van der Waals surface area contributed by atoms with Gasteiger partial charge in [-0.1, -0.05) is 6.92 Å². The predicted octanol–water partition coefficient (Wildman–Crippen LogP) is 0.570. The number of nitrogens with one attached hydrogen (secondary N) is 1. The molecular weight excluding hydrogens is 238 g/mol. The molecule has 5 heteroatoms. The van der Waals surface area contributed by atoms with Crippen molar-refractivity contribution in [3.8, 4) is 0 Å². The Morgan fingerprint density at radius 1 is 1.35 bits per heavy atom. The van der Waals surface area contributed by atoms with Gasteiger partial charge in [-0.15, -0.1) is 12.4 Å². The molecule has 17 heavy (non-hydrogen) atoms. The number of amides is 1. The molecule has 0 radical (unpaired) electrons. The van der Waals surface area contributed by atoms with E-state index in [1.54, 1.807) is 0 Å². The van der Waals surface area contributed by atoms with Crippen LogP contribution < -0.4 is 5.32 Å². The van der Waals surface area contributed by atoms with Crippen molar-refractivity contribution in [2.24, 2.45) is 5.92 Å². The van der Waals surface area contributed by atoms with Gasteiger partial charge in [0, 0.05) is 32.2 Å². The van der Waals surface area contributed by atoms with Crippen LogP contribution in [0.15, 0.2) is 0 Å². The molecule has 0 aromatic heterocycles. The first-order valence-electron chi connectivity index (χ1n) is 6.35. The topological polar surface area (TPSA) is 35.6 Å². The van der Waals surface area contributed by atoms with Gasteiger partial charge >= 0.3 is 0 Å². The molecule has 2 fully saturated rings. The van der Waals surface area contributed by atoms with Crippen molar-refractivity contribution in [1.29, 1.82) is 0 Å². The largest absolute Gasteiger partial charge is 0.342 e. The van der Waals surface area contributed by atoms with Gasteiger partial charge in [-0.05, 0) is 25.8 Å². The number of likely N-dealkylation sites (N-methyl/N-ethyl adjacent to an activating group) is 1. The van der Waals surface area contributed by atoms with Crippen LogP contribution in [0.4, 0.5) is 0 Å². The van der Waals surface area contributed by atoms with Crippen LogP contribution in [0.5, 0.6) is 0 Å². The molecule has 2 rings (SSSR count). The average molecular weight is 262 g/mol. The van der Waals surface area contributed by atoms with Gasteiger partial charge in [0.25, 0.3) is 0 Å². The Labute approximate surface area is 110 Å². The highest BCUT2D eigenvalue weighted by molar-refractivity contribution is 5.85. The minimum absolute atomic E-state index is 0. The summed E-state index contributed by atoms with van der Waals surface area (Å²) in [7, 11) is 2.05. The number of nitrogens with zero attached hydrogens (tertiary/aromatic N) is 2. The molecule has 1 amide bonds. The molecule has 2 saturated heterocycles. The first-order valence-corrected chi connectivity index (χ1v) is 6.35. The molecule has 4 nitrogen and oxygen atoms in total. The van der Waals surface area contributed by atoms with Crippen molar-refractivity contribution in [3.05, 3.63) is 0 Å². The lowest BCUT2D eigenvalue weighted by molar-refractivity contribution is -0.134. The van der Waals surface area contributed by atoms with Crippen molar-refractivity contribution in [3.63, 3.8) is 0 Å². The van der Waals surface area contributed by atoms with E-state index in [2.05, 4.69) is 24.2 Å². The summed E-state index contributed by atoms with van der Waals surface area (Å²) < 4.78 is 0. The van der Waals surface area contributed by atoms with Crippen LogP contribution >= 0.6 is 12.4 Å². The fraction of sp³-hybridized carbons (Fsp3) is 0.917. The second-order valence-electron chi connectivity index (χ2n) is 5.29. The first-order chi connectivity index (χ1) is 7.66. The molecule has 2 aliphatic rings. The Kier molecular flexibility index (Phi) is 5.70. The molecule has 0 saturated carbocycles. The van der Waals surface area contributed by atoms with Crippen molar-refractivity contribution < 1.29 is 4.79 Å². The molecular formula is C12H24ClN3O. The number of rotatable bonds is 3. The molecule has 0 unspecified atom stereocenters. The summed E-state index contributed by atoms with van der Waals surface area (Å²) in [5.41, 5.74) is 0. The highest BCUT2D eigenvalue weighted by atomic mass is 35.5. The summed E-state index contributed by atoms with van der Waals surface area (Å²) in [6.45, 7) is 6.82. The van der Waals surface area contributed by atoms with Gasteiger partial charge in [0.2, 0.25) is 5.91 Å². The average Bonchev–Trinajstić information content (AvgIpc) is 2.15. The number of halogens is 1. The van der Waals surface area contributed by atoms with E-state index >= 15 is 0 Å². The van der Waals surface area contributed by atoms with Gasteiger partial charge in [-0.2, -0.15) is 0 Å². The van der Waals surface area contributed by atoms with Gasteiger partial charge in [-0.25, -0.2) is 0 Å². The molecule has 0 aliphatic carbocycles. The third kappa shape index (κ3) is 3.83. The van der Waals surface area contributed by atoms with Crippen LogP contribution in [0, 0.1) is 5.92 Å². The van der Waals surface area contributed by atoms with E-state index in [1.807, 2.05) is 4.90 Å². The Balaban J connectivity index is 0.00000144. The van der Waals surface area contributed by atoms with Crippen LogP contribution in [0.3, 0.4) is 0 Å². The van der Waals surface area contributed by atoms with E-state index in [-0.39, 0.29) is 12.4 Å². The number of likely N-dealkylation sites (tertiary alicyclic amines) is 1. The third-order valence-electron chi connectivity index (χ3n) is 3.90. The summed E-state index contributed by atoms with van der Waals surface area (Å²) in [5, 5.41) is 3.23. The maximum atomic E-state index is 12.0. The van der Waals surface area contributed by atoms with Crippen LogP contribution in [-0.4, -0.2) is 61.5 Å². The number of carbonyl (C=O) groups is 1. The van der Waals surface area contributed by atoms with Gasteiger partial charge in [0.1, 0.15) is 0 Å². The number of carbonyl (C=O) groups excluding carboxylic acids is 1. The Bertz CT molecular complexity index is 250. The summed E-state index contributed by atoms with van der Waals surface area (Å²) in [5.74, 6) is 1.10. The minimum atomic E-state index is 0. The molecule has 0 bridgehead atoms. The van der Waals surface area contributed by atoms with Crippen molar-refractivity contribution >= 4 is 18.3 Å². The zero-order chi connectivity index (χ0) is 11.5. The fourth-order valence-electron chi connectivity index (χ4n) is 2.29. The van der Waals surface area contributed by atoms with E-state index in [4.69, 9.17) is 0 Å². The summed E-state index contributed by atoms with van der Waals surface area (Å²) in [4.78, 5) is 16.2. The number of piperidine rings is 1. The lowest BCUT2D eigenvalue weighted by Crippen LogP contribution is -2.58. The third-order valence-corrected chi connectivity index (χ3v) is 3.90. The highest BCUT2D eigenvalue weighted by Gasteiger charge is 2.26. The normalized spacial score (nSPS) is 22.2. The quantitative estimate of drug-likeness (QED) is 0.807. The molecule has 1 N–H and O–H groups in total. The Morgan fingerprint density at radius 2 is 1.94 bits per heavy atom. The molecule has 0 spiro atoms. The van der Waals surface area contributed by atoms with Crippen molar-refractivity contribution in [2.45, 2.75) is 25.8 Å². The van der Waals surface area contributed by atoms with Crippen LogP contribution in [0.25, 0.3) is 0 Å². The lowest BCUT2D eigenvalue weighted by Gasteiger charge is -2.37. The summed E-state index contributed by atoms with van der Waals surface area (Å²) in [6, 6.07) is 0.563. The number of hydrogen-bond donors (Lipinski definition) is 1. The highest BCUT2D eigenvalue weighted by Crippen LogP contribution is 2.16. The van der Waals surface area contributed by atoms with Crippen molar-refractivity contribution in [1.82, 2.24) is 15.1 Å². The minimum Gasteiger partial charge on any atom is -0.342 e. The molecule has 2 aliphatic heterocycles. The van der Waals surface area contributed by atoms with E-state index in [1.165, 1.54) is 12.8 Å². The van der Waals surface area contributed by atoms with Gasteiger partial charge in [0.05, 0.1) is 6.54 Å². The Hall–Kier alpha value is -0.320. The van der Waals surface area contributed by atoms with Crippen molar-refractivity contribution in [2.75, 3.05) is 39.8 Å². The second kappa shape index (κ2) is 6.57. The van der Waals surface area contributed by atoms with Crippen LogP contribution in [-0.2, 0) is 4.79 Å². The van der Waals surface area contributed by atoms with Crippen LogP contribution in [0.1, 0.15) is 19.8 Å². The first kappa shape index (κ1) is 14.7. The number of hydrogen-bond acceptors (Lipinski definition) is 3. The lowest BCUT2D eigenvalue weighted by atomic mass is 9.99. The molecule has 0 atom stereocenters. The maximum absolute atomic E-state index is 12.0. The fourth-order valence-corrected chi connectivity index (χ4v) is 2.29. The van der Waals surface area contributed by atoms with E-state index in [9.17, 15) is 4.79 Å². The van der Waals surface area contributed by atoms with Crippen LogP contribution in [0.2, 0.25) is 0 Å². The molecule has 2 heterocycles. The second-order valence-corrected chi connectivity index (χ2v) is 5.29. The standard InChI is InChI=1S/C12H23N3O.ClH/c1-10-3-5-15(6-4-10)12(16)9-14(2)11-7-13-8-11;/h10-11,13H,3-9H2,1-2H3;1H. The maximum Gasteiger partial charge on any atom is 0.236 e. The van der Waals surface area contributed by atoms with Gasteiger partial charge in [0.15, 0.2) is 0 Å². The van der Waals surface area contributed by atoms with E-state index in [0.717, 1.165) is 32.1 Å². The van der Waals surface area contributed by atoms with Gasteiger partial charge in [-0.3, -0.25) is 9.69 Å². The zero-order valence-electron chi connectivity index (χ0n) is 10.8. The van der Waals surface area contributed by atoms with Gasteiger partial charge < -0.3 is 10.2 Å². The Morgan fingerprint density at radius 3 is 2.41 bits per heavy atom. The molecule has 0 aromatic rings. The smallest absolute Gasteiger partial charge is 0.236 e. The molecule has 100 valence electrons. The summed E-state index contributed by atoms with van der Waals surface area (Å²) >= 11 is 0. The van der Waals surface area contributed by atoms with E-state index < -0.39 is 0 Å². The monoisotopic (exact) mass is 261 g/mol. The zero-order valence-corrected chi connectivity index (χ0v) is 11.6. The summed E-state index contributed by atoms with van der Waals surface area (Å²) in [6.07, 6.45) is 2.33. The SMILES string of the molecule is CC1CCN(C(=O)CN(C)C2CNC2)CC1.Cl.